The standard InChI is InChI=1S/C22H29N7O6.CH4/c1-22(2,24)19(31)25-16(13-33-10-14-7-5-4-6-8-14)18-26-27-20-29(18)15(11-34-20)12-35-21(32)28(3)9-17(23)30;/h4-8,11,16H,9-10,12-13,24H2,1-3H3,(H2,23,30)(H,25,31);1H4/t16-;/m1./s1. The minimum absolute atomic E-state index is 0. The van der Waals surface area contributed by atoms with Crippen LogP contribution in [0, 0.1) is 0 Å². The van der Waals surface area contributed by atoms with E-state index in [2.05, 4.69) is 15.5 Å². The fraction of sp³-hybridized carbons (Fsp3) is 0.435. The van der Waals surface area contributed by atoms with Crippen LogP contribution in [-0.2, 0) is 32.3 Å². The summed E-state index contributed by atoms with van der Waals surface area (Å²) in [6.45, 7) is 3.02. The van der Waals surface area contributed by atoms with Crippen molar-refractivity contribution >= 4 is 23.8 Å². The summed E-state index contributed by atoms with van der Waals surface area (Å²) in [6.07, 6.45) is 0.597. The van der Waals surface area contributed by atoms with Gasteiger partial charge in [0.25, 0.3) is 0 Å². The number of carbonyl (C=O) groups is 3. The Morgan fingerprint density at radius 3 is 2.53 bits per heavy atom. The van der Waals surface area contributed by atoms with Crippen molar-refractivity contribution in [2.24, 2.45) is 11.5 Å². The summed E-state index contributed by atoms with van der Waals surface area (Å²) in [5.74, 6) is -0.665. The minimum atomic E-state index is -1.15. The molecule has 0 aliphatic heterocycles. The first-order valence-electron chi connectivity index (χ1n) is 10.8. The Kier molecular flexibility index (Phi) is 9.53. The number of nitrogens with one attached hydrogen (secondary N) is 1. The maximum Gasteiger partial charge on any atom is 0.410 e. The number of hydrogen-bond acceptors (Lipinski definition) is 9. The van der Waals surface area contributed by atoms with Crippen molar-refractivity contribution in [1.29, 1.82) is 0 Å². The lowest BCUT2D eigenvalue weighted by molar-refractivity contribution is -0.126. The number of ether oxygens (including phenoxy) is 2. The van der Waals surface area contributed by atoms with E-state index in [9.17, 15) is 14.4 Å². The Morgan fingerprint density at radius 1 is 1.19 bits per heavy atom. The van der Waals surface area contributed by atoms with Gasteiger partial charge in [0, 0.05) is 7.05 Å². The predicted molar refractivity (Wildman–Crippen MR) is 129 cm³/mol. The number of primary amides is 1. The van der Waals surface area contributed by atoms with Crippen molar-refractivity contribution in [3.05, 3.63) is 53.7 Å². The molecule has 5 N–H and O–H groups in total. The molecule has 13 heteroatoms. The Bertz CT molecular complexity index is 1170. The number of aromatic nitrogens is 3. The number of amides is 3. The van der Waals surface area contributed by atoms with Gasteiger partial charge in [-0.15, -0.1) is 5.10 Å². The van der Waals surface area contributed by atoms with Crippen LogP contribution in [0.4, 0.5) is 4.79 Å². The van der Waals surface area contributed by atoms with Crippen molar-refractivity contribution in [2.45, 2.75) is 46.1 Å². The summed E-state index contributed by atoms with van der Waals surface area (Å²) in [7, 11) is 1.38. The fourth-order valence-electron chi connectivity index (χ4n) is 3.06. The lowest BCUT2D eigenvalue weighted by Gasteiger charge is -2.23. The highest BCUT2D eigenvalue weighted by Gasteiger charge is 2.29. The van der Waals surface area contributed by atoms with E-state index in [4.69, 9.17) is 25.4 Å². The second-order valence-electron chi connectivity index (χ2n) is 8.53. The molecule has 1 atom stereocenters. The third-order valence-corrected chi connectivity index (χ3v) is 4.89. The van der Waals surface area contributed by atoms with Gasteiger partial charge in [0.05, 0.1) is 18.8 Å². The average molecular weight is 504 g/mol. The number of oxazole rings is 1. The van der Waals surface area contributed by atoms with Crippen LogP contribution < -0.4 is 16.8 Å². The molecule has 3 aromatic rings. The smallest absolute Gasteiger partial charge is 0.410 e. The normalized spacial score (nSPS) is 12.0. The maximum atomic E-state index is 12.7. The van der Waals surface area contributed by atoms with Crippen molar-refractivity contribution in [1.82, 2.24) is 24.8 Å². The molecule has 0 spiro atoms. The van der Waals surface area contributed by atoms with E-state index < -0.39 is 29.5 Å². The van der Waals surface area contributed by atoms with Crippen LogP contribution in [-0.4, -0.2) is 63.1 Å². The number of hydrogen-bond donors (Lipinski definition) is 3. The summed E-state index contributed by atoms with van der Waals surface area (Å²) in [4.78, 5) is 36.9. The molecule has 0 fully saturated rings. The molecule has 0 saturated carbocycles. The third kappa shape index (κ3) is 7.26. The quantitative estimate of drug-likeness (QED) is 0.345. The van der Waals surface area contributed by atoms with E-state index in [1.165, 1.54) is 17.7 Å². The SMILES string of the molecule is C.CN(CC(N)=O)C(=O)OCc1coc2nnc([C@@H](COCc3ccccc3)NC(=O)C(C)(C)N)n12. The van der Waals surface area contributed by atoms with Crippen LogP contribution in [0.5, 0.6) is 0 Å². The van der Waals surface area contributed by atoms with Gasteiger partial charge in [-0.25, -0.2) is 9.20 Å². The highest BCUT2D eigenvalue weighted by molar-refractivity contribution is 5.85. The maximum absolute atomic E-state index is 12.7. The third-order valence-electron chi connectivity index (χ3n) is 4.89. The van der Waals surface area contributed by atoms with Crippen LogP contribution in [0.15, 0.2) is 41.0 Å². The molecule has 0 aliphatic rings. The van der Waals surface area contributed by atoms with Crippen LogP contribution in [0.25, 0.3) is 5.84 Å². The highest BCUT2D eigenvalue weighted by atomic mass is 16.6. The molecule has 36 heavy (non-hydrogen) atoms. The number of nitrogens with two attached hydrogens (primary N) is 2. The Labute approximate surface area is 208 Å². The molecular formula is C23H33N7O6. The number of nitrogens with zero attached hydrogens (tertiary/aromatic N) is 4. The lowest BCUT2D eigenvalue weighted by Crippen LogP contribution is -2.51. The molecule has 0 aliphatic carbocycles. The van der Waals surface area contributed by atoms with Crippen molar-refractivity contribution in [3.63, 3.8) is 0 Å². The molecule has 3 rings (SSSR count). The van der Waals surface area contributed by atoms with Gasteiger partial charge in [-0.1, -0.05) is 42.9 Å². The van der Waals surface area contributed by atoms with E-state index in [1.807, 2.05) is 30.3 Å². The molecule has 13 nitrogen and oxygen atoms in total. The van der Waals surface area contributed by atoms with Crippen LogP contribution in [0.3, 0.4) is 0 Å². The molecule has 2 aromatic heterocycles. The van der Waals surface area contributed by atoms with Gasteiger partial charge in [-0.2, -0.15) is 0 Å². The van der Waals surface area contributed by atoms with Crippen molar-refractivity contribution in [2.75, 3.05) is 20.2 Å². The zero-order valence-electron chi connectivity index (χ0n) is 19.8. The second kappa shape index (κ2) is 12.1. The van der Waals surface area contributed by atoms with E-state index in [0.717, 1.165) is 10.5 Å². The molecule has 0 radical (unpaired) electrons. The molecule has 0 bridgehead atoms. The van der Waals surface area contributed by atoms with E-state index in [-0.39, 0.29) is 33.0 Å². The molecule has 2 heterocycles. The Morgan fingerprint density at radius 2 is 1.89 bits per heavy atom. The summed E-state index contributed by atoms with van der Waals surface area (Å²) in [5, 5.41) is 11.0. The van der Waals surface area contributed by atoms with Crippen LogP contribution in [0.1, 0.15) is 44.4 Å². The average Bonchev–Trinajstić information content (AvgIpc) is 3.39. The summed E-state index contributed by atoms with van der Waals surface area (Å²) in [6, 6.07) is 8.80. The van der Waals surface area contributed by atoms with Gasteiger partial charge in [-0.3, -0.25) is 9.59 Å². The van der Waals surface area contributed by atoms with Gasteiger partial charge in [0.15, 0.2) is 5.82 Å². The van der Waals surface area contributed by atoms with E-state index >= 15 is 0 Å². The first kappa shape index (κ1) is 28.3. The Balaban J connectivity index is 0.00000456. The van der Waals surface area contributed by atoms with Gasteiger partial charge in [0.1, 0.15) is 31.2 Å². The second-order valence-corrected chi connectivity index (χ2v) is 8.53. The first-order valence-corrected chi connectivity index (χ1v) is 10.8. The molecule has 0 unspecified atom stereocenters. The highest BCUT2D eigenvalue weighted by Crippen LogP contribution is 2.19. The van der Waals surface area contributed by atoms with Crippen molar-refractivity contribution in [3.8, 4) is 0 Å². The van der Waals surface area contributed by atoms with Gasteiger partial charge < -0.3 is 35.6 Å². The molecule has 3 amide bonds. The number of benzene rings is 1. The minimum Gasteiger partial charge on any atom is -0.443 e. The summed E-state index contributed by atoms with van der Waals surface area (Å²) in [5.41, 5.74) is 11.3. The molecule has 196 valence electrons. The predicted octanol–water partition coefficient (Wildman–Crippen LogP) is 1.12. The zero-order chi connectivity index (χ0) is 25.6. The van der Waals surface area contributed by atoms with Gasteiger partial charge in [-0.05, 0) is 19.4 Å². The largest absolute Gasteiger partial charge is 0.443 e. The molecule has 0 saturated heterocycles. The lowest BCUT2D eigenvalue weighted by atomic mass is 10.1. The monoisotopic (exact) mass is 503 g/mol. The first-order chi connectivity index (χ1) is 16.6. The fourth-order valence-corrected chi connectivity index (χ4v) is 3.06. The summed E-state index contributed by atoms with van der Waals surface area (Å²) < 4.78 is 18.0. The zero-order valence-corrected chi connectivity index (χ0v) is 19.8. The number of rotatable bonds is 11. The molecular weight excluding hydrogens is 470 g/mol. The topological polar surface area (TPSA) is 180 Å². The van der Waals surface area contributed by atoms with Crippen LogP contribution >= 0.6 is 0 Å². The number of fused-ring (bicyclic) bond motifs is 1. The van der Waals surface area contributed by atoms with E-state index in [0.29, 0.717) is 18.1 Å². The number of likely N-dealkylation sites (N-methyl/N-ethyl adjacent to an activating group) is 1. The summed E-state index contributed by atoms with van der Waals surface area (Å²) >= 11 is 0. The van der Waals surface area contributed by atoms with Crippen molar-refractivity contribution < 1.29 is 28.3 Å². The number of carbonyl (C=O) groups excluding carboxylic acids is 3. The van der Waals surface area contributed by atoms with Crippen LogP contribution in [0.2, 0.25) is 0 Å². The Hall–Kier alpha value is -3.97. The van der Waals surface area contributed by atoms with Gasteiger partial charge >= 0.3 is 11.9 Å². The van der Waals surface area contributed by atoms with E-state index in [1.54, 1.807) is 13.8 Å². The molecule has 1 aromatic carbocycles. The van der Waals surface area contributed by atoms with Gasteiger partial charge in [0.2, 0.25) is 11.8 Å².